The molecule has 0 spiro atoms. The van der Waals surface area contributed by atoms with Crippen molar-refractivity contribution >= 4 is 40.6 Å². The lowest BCUT2D eigenvalue weighted by Crippen LogP contribution is -2.42. The van der Waals surface area contributed by atoms with Crippen molar-refractivity contribution in [3.8, 4) is 0 Å². The second kappa shape index (κ2) is 7.61. The van der Waals surface area contributed by atoms with Crippen molar-refractivity contribution in [1.82, 2.24) is 4.90 Å². The van der Waals surface area contributed by atoms with Gasteiger partial charge in [-0.1, -0.05) is 11.6 Å². The van der Waals surface area contributed by atoms with Crippen LogP contribution in [0.3, 0.4) is 0 Å². The number of piperidine rings is 1. The van der Waals surface area contributed by atoms with E-state index in [1.807, 2.05) is 31.2 Å². The summed E-state index contributed by atoms with van der Waals surface area (Å²) in [6.45, 7) is 3.81. The van der Waals surface area contributed by atoms with Gasteiger partial charge in [0, 0.05) is 23.8 Å². The largest absolute Gasteiger partial charge is 0.466 e. The highest BCUT2D eigenvalue weighted by Crippen LogP contribution is 2.20. The monoisotopic (exact) mass is 326 g/mol. The zero-order valence-electron chi connectivity index (χ0n) is 12.0. The molecule has 1 N–H and O–H groups in total. The summed E-state index contributed by atoms with van der Waals surface area (Å²) >= 11 is 11.3. The third-order valence-electron chi connectivity index (χ3n) is 3.50. The lowest BCUT2D eigenvalue weighted by atomic mass is 9.97. The molecule has 1 heterocycles. The first-order valence-electron chi connectivity index (χ1n) is 7.08. The molecule has 1 aliphatic heterocycles. The van der Waals surface area contributed by atoms with E-state index < -0.39 is 0 Å². The van der Waals surface area contributed by atoms with Gasteiger partial charge in [0.15, 0.2) is 5.11 Å². The van der Waals surface area contributed by atoms with Gasteiger partial charge in [0.05, 0.1) is 12.5 Å². The molecule has 114 valence electrons. The molecule has 4 nitrogen and oxygen atoms in total. The van der Waals surface area contributed by atoms with Crippen LogP contribution in [0.1, 0.15) is 19.8 Å². The number of rotatable bonds is 3. The average Bonchev–Trinajstić information content (AvgIpc) is 2.50. The normalized spacial score (nSPS) is 15.6. The molecule has 0 bridgehead atoms. The van der Waals surface area contributed by atoms with Gasteiger partial charge in [0.2, 0.25) is 0 Å². The number of likely N-dealkylation sites (tertiary alicyclic amines) is 1. The van der Waals surface area contributed by atoms with Crippen molar-refractivity contribution in [3.63, 3.8) is 0 Å². The number of halogens is 1. The smallest absolute Gasteiger partial charge is 0.309 e. The van der Waals surface area contributed by atoms with Crippen LogP contribution in [-0.2, 0) is 9.53 Å². The molecule has 1 aliphatic rings. The molecule has 0 saturated carbocycles. The molecule has 1 fully saturated rings. The molecule has 0 radical (unpaired) electrons. The maximum atomic E-state index is 11.7. The van der Waals surface area contributed by atoms with Gasteiger partial charge in [-0.2, -0.15) is 0 Å². The molecule has 0 amide bonds. The molecule has 6 heteroatoms. The van der Waals surface area contributed by atoms with Gasteiger partial charge in [0.25, 0.3) is 0 Å². The Morgan fingerprint density at radius 1 is 1.38 bits per heavy atom. The first-order valence-corrected chi connectivity index (χ1v) is 7.87. The van der Waals surface area contributed by atoms with Gasteiger partial charge in [-0.05, 0) is 56.2 Å². The van der Waals surface area contributed by atoms with Gasteiger partial charge in [0.1, 0.15) is 0 Å². The molecule has 0 atom stereocenters. The first kappa shape index (κ1) is 16.0. The Balaban J connectivity index is 1.83. The quantitative estimate of drug-likeness (QED) is 0.681. The molecule has 0 aliphatic carbocycles. The van der Waals surface area contributed by atoms with Crippen LogP contribution in [0.5, 0.6) is 0 Å². The fourth-order valence-electron chi connectivity index (χ4n) is 2.31. The van der Waals surface area contributed by atoms with E-state index in [0.29, 0.717) is 16.7 Å². The molecule has 21 heavy (non-hydrogen) atoms. The molecular weight excluding hydrogens is 308 g/mol. The molecule has 1 saturated heterocycles. The van der Waals surface area contributed by atoms with Gasteiger partial charge in [-0.3, -0.25) is 4.79 Å². The summed E-state index contributed by atoms with van der Waals surface area (Å²) in [7, 11) is 0. The minimum absolute atomic E-state index is 0.000433. The second-order valence-electron chi connectivity index (χ2n) is 4.95. The fourth-order valence-corrected chi connectivity index (χ4v) is 2.74. The van der Waals surface area contributed by atoms with Crippen molar-refractivity contribution in [2.24, 2.45) is 5.92 Å². The molecule has 1 aromatic rings. The maximum absolute atomic E-state index is 11.7. The molecule has 0 unspecified atom stereocenters. The Morgan fingerprint density at radius 3 is 2.57 bits per heavy atom. The topological polar surface area (TPSA) is 41.6 Å². The van der Waals surface area contributed by atoms with E-state index in [4.69, 9.17) is 28.6 Å². The number of carbonyl (C=O) groups excluding carboxylic acids is 1. The molecule has 2 rings (SSSR count). The Hall–Kier alpha value is -1.33. The van der Waals surface area contributed by atoms with E-state index in [-0.39, 0.29) is 11.9 Å². The standard InChI is InChI=1S/C15H19ClN2O2S/c1-2-20-14(19)11-7-9-18(10-8-11)15(21)17-13-5-3-12(16)4-6-13/h3-6,11H,2,7-10H2,1H3,(H,17,21). The number of ether oxygens (including phenoxy) is 1. The Bertz CT molecular complexity index is 499. The first-order chi connectivity index (χ1) is 10.1. The van der Waals surface area contributed by atoms with E-state index in [1.165, 1.54) is 0 Å². The van der Waals surface area contributed by atoms with E-state index >= 15 is 0 Å². The van der Waals surface area contributed by atoms with Crippen LogP contribution < -0.4 is 5.32 Å². The molecular formula is C15H19ClN2O2S. The number of carbonyl (C=O) groups is 1. The lowest BCUT2D eigenvalue weighted by molar-refractivity contribution is -0.149. The second-order valence-corrected chi connectivity index (χ2v) is 5.77. The van der Waals surface area contributed by atoms with Crippen LogP contribution in [0.4, 0.5) is 5.69 Å². The van der Waals surface area contributed by atoms with Crippen molar-refractivity contribution in [3.05, 3.63) is 29.3 Å². The maximum Gasteiger partial charge on any atom is 0.309 e. The molecule has 0 aromatic heterocycles. The Kier molecular flexibility index (Phi) is 5.82. The van der Waals surface area contributed by atoms with Gasteiger partial charge in [-0.25, -0.2) is 0 Å². The van der Waals surface area contributed by atoms with Crippen LogP contribution in [0, 0.1) is 5.92 Å². The summed E-state index contributed by atoms with van der Waals surface area (Å²) in [4.78, 5) is 13.8. The van der Waals surface area contributed by atoms with Crippen LogP contribution in [0.25, 0.3) is 0 Å². The zero-order valence-corrected chi connectivity index (χ0v) is 13.5. The number of anilines is 1. The highest BCUT2D eigenvalue weighted by molar-refractivity contribution is 7.80. The summed E-state index contributed by atoms with van der Waals surface area (Å²) in [6.07, 6.45) is 1.56. The predicted molar refractivity (Wildman–Crippen MR) is 88.6 cm³/mol. The molecule has 1 aromatic carbocycles. The summed E-state index contributed by atoms with van der Waals surface area (Å²) < 4.78 is 5.07. The summed E-state index contributed by atoms with van der Waals surface area (Å²) in [5.74, 6) is -0.0896. The van der Waals surface area contributed by atoms with Gasteiger partial charge in [-0.15, -0.1) is 0 Å². The number of thiocarbonyl (C=S) groups is 1. The van der Waals surface area contributed by atoms with E-state index in [0.717, 1.165) is 31.6 Å². The van der Waals surface area contributed by atoms with Crippen molar-refractivity contribution in [1.29, 1.82) is 0 Å². The lowest BCUT2D eigenvalue weighted by Gasteiger charge is -2.32. The minimum atomic E-state index is -0.0891. The number of nitrogens with one attached hydrogen (secondary N) is 1. The zero-order chi connectivity index (χ0) is 15.2. The summed E-state index contributed by atoms with van der Waals surface area (Å²) in [5, 5.41) is 4.57. The van der Waals surface area contributed by atoms with Crippen LogP contribution in [0.15, 0.2) is 24.3 Å². The van der Waals surface area contributed by atoms with Crippen LogP contribution >= 0.6 is 23.8 Å². The summed E-state index contributed by atoms with van der Waals surface area (Å²) in [6, 6.07) is 7.42. The number of nitrogens with zero attached hydrogens (tertiary/aromatic N) is 1. The third kappa shape index (κ3) is 4.58. The van der Waals surface area contributed by atoms with Gasteiger partial charge >= 0.3 is 5.97 Å². The van der Waals surface area contributed by atoms with Crippen molar-refractivity contribution in [2.75, 3.05) is 25.0 Å². The van der Waals surface area contributed by atoms with Crippen molar-refractivity contribution in [2.45, 2.75) is 19.8 Å². The highest BCUT2D eigenvalue weighted by atomic mass is 35.5. The number of hydrogen-bond donors (Lipinski definition) is 1. The average molecular weight is 327 g/mol. The Labute approximate surface area is 135 Å². The van der Waals surface area contributed by atoms with E-state index in [9.17, 15) is 4.79 Å². The Morgan fingerprint density at radius 2 is 2.00 bits per heavy atom. The van der Waals surface area contributed by atoms with Crippen LogP contribution in [-0.4, -0.2) is 35.7 Å². The fraction of sp³-hybridized carbons (Fsp3) is 0.467. The number of hydrogen-bond acceptors (Lipinski definition) is 3. The minimum Gasteiger partial charge on any atom is -0.466 e. The third-order valence-corrected chi connectivity index (χ3v) is 4.11. The van der Waals surface area contributed by atoms with Crippen molar-refractivity contribution < 1.29 is 9.53 Å². The van der Waals surface area contributed by atoms with E-state index in [1.54, 1.807) is 0 Å². The van der Waals surface area contributed by atoms with Gasteiger partial charge < -0.3 is 15.0 Å². The number of esters is 1. The SMILES string of the molecule is CCOC(=O)C1CCN(C(=S)Nc2ccc(Cl)cc2)CC1. The van der Waals surface area contributed by atoms with Crippen LogP contribution in [0.2, 0.25) is 5.02 Å². The summed E-state index contributed by atoms with van der Waals surface area (Å²) in [5.41, 5.74) is 0.914. The highest BCUT2D eigenvalue weighted by Gasteiger charge is 2.26. The predicted octanol–water partition coefficient (Wildman–Crippen LogP) is 3.31. The number of benzene rings is 1. The van der Waals surface area contributed by atoms with E-state index in [2.05, 4.69) is 10.2 Å².